The maximum Gasteiger partial charge on any atom is 0.317 e. The molecule has 0 aliphatic carbocycles. The van der Waals surface area contributed by atoms with Crippen molar-refractivity contribution < 1.29 is 4.79 Å². The second-order valence-electron chi connectivity index (χ2n) is 5.61. The Morgan fingerprint density at radius 2 is 2.05 bits per heavy atom. The van der Waals surface area contributed by atoms with Crippen molar-refractivity contribution in [2.45, 2.75) is 31.7 Å². The molecule has 5 heteroatoms. The maximum absolute atomic E-state index is 12.3. The number of piperidine rings is 1. The van der Waals surface area contributed by atoms with Crippen molar-refractivity contribution in [3.8, 4) is 0 Å². The van der Waals surface area contributed by atoms with Gasteiger partial charge in [-0.1, -0.05) is 12.5 Å². The van der Waals surface area contributed by atoms with Gasteiger partial charge < -0.3 is 15.1 Å². The SMILES string of the molecule is C=CCNC(=O)N1CCCSCC1CN1CCCCC1. The summed E-state index contributed by atoms with van der Waals surface area (Å²) >= 11 is 1.99. The van der Waals surface area contributed by atoms with Crippen LogP contribution in [0.4, 0.5) is 4.79 Å². The molecule has 0 saturated carbocycles. The zero-order chi connectivity index (χ0) is 14.2. The van der Waals surface area contributed by atoms with Gasteiger partial charge in [0.25, 0.3) is 0 Å². The number of amides is 2. The number of carbonyl (C=O) groups excluding carboxylic acids is 1. The average molecular weight is 297 g/mol. The molecule has 0 bridgehead atoms. The molecule has 2 aliphatic heterocycles. The van der Waals surface area contributed by atoms with Crippen LogP contribution in [-0.4, -0.2) is 66.1 Å². The van der Waals surface area contributed by atoms with E-state index < -0.39 is 0 Å². The highest BCUT2D eigenvalue weighted by molar-refractivity contribution is 7.99. The fourth-order valence-electron chi connectivity index (χ4n) is 2.95. The molecule has 2 amide bonds. The summed E-state index contributed by atoms with van der Waals surface area (Å²) in [4.78, 5) is 16.9. The zero-order valence-corrected chi connectivity index (χ0v) is 13.2. The van der Waals surface area contributed by atoms with Gasteiger partial charge >= 0.3 is 6.03 Å². The van der Waals surface area contributed by atoms with Crippen LogP contribution in [0, 0.1) is 0 Å². The third-order valence-electron chi connectivity index (χ3n) is 4.01. The lowest BCUT2D eigenvalue weighted by Crippen LogP contribution is -2.52. The Hall–Kier alpha value is -0.680. The van der Waals surface area contributed by atoms with Gasteiger partial charge in [0.2, 0.25) is 0 Å². The summed E-state index contributed by atoms with van der Waals surface area (Å²) in [5.41, 5.74) is 0. The summed E-state index contributed by atoms with van der Waals surface area (Å²) in [6, 6.07) is 0.430. The van der Waals surface area contributed by atoms with Crippen LogP contribution >= 0.6 is 11.8 Å². The molecule has 114 valence electrons. The van der Waals surface area contributed by atoms with Gasteiger partial charge in [-0.05, 0) is 38.1 Å². The first kappa shape index (κ1) is 15.7. The third kappa shape index (κ3) is 4.70. The Morgan fingerprint density at radius 1 is 1.25 bits per heavy atom. The standard InChI is InChI=1S/C15H27N3OS/c1-2-7-16-15(19)18-10-6-11-20-13-14(18)12-17-8-4-3-5-9-17/h2,14H,1,3-13H2,(H,16,19). The van der Waals surface area contributed by atoms with Gasteiger partial charge in [-0.3, -0.25) is 0 Å². The molecule has 2 fully saturated rings. The molecule has 0 radical (unpaired) electrons. The second kappa shape index (κ2) is 8.57. The van der Waals surface area contributed by atoms with Crippen molar-refractivity contribution >= 4 is 17.8 Å². The van der Waals surface area contributed by atoms with Crippen LogP contribution in [0.5, 0.6) is 0 Å². The van der Waals surface area contributed by atoms with Crippen molar-refractivity contribution in [3.05, 3.63) is 12.7 Å². The minimum absolute atomic E-state index is 0.0782. The predicted molar refractivity (Wildman–Crippen MR) is 86.3 cm³/mol. The molecule has 0 aromatic carbocycles. The molecule has 1 N–H and O–H groups in total. The van der Waals surface area contributed by atoms with E-state index in [1.165, 1.54) is 38.1 Å². The Balaban J connectivity index is 1.92. The van der Waals surface area contributed by atoms with Gasteiger partial charge in [0.05, 0.1) is 6.04 Å². The number of likely N-dealkylation sites (tertiary alicyclic amines) is 1. The van der Waals surface area contributed by atoms with E-state index in [1.807, 2.05) is 11.8 Å². The summed E-state index contributed by atoms with van der Waals surface area (Å²) in [5, 5.41) is 2.94. The molecule has 2 saturated heterocycles. The van der Waals surface area contributed by atoms with Gasteiger partial charge in [0, 0.05) is 25.4 Å². The molecule has 2 rings (SSSR count). The third-order valence-corrected chi connectivity index (χ3v) is 5.21. The van der Waals surface area contributed by atoms with Crippen LogP contribution in [-0.2, 0) is 0 Å². The lowest BCUT2D eigenvalue weighted by Gasteiger charge is -2.35. The molecule has 1 atom stereocenters. The minimum Gasteiger partial charge on any atom is -0.335 e. The number of nitrogens with zero attached hydrogens (tertiary/aromatic N) is 2. The number of urea groups is 1. The van der Waals surface area contributed by atoms with Crippen LogP contribution < -0.4 is 5.32 Å². The van der Waals surface area contributed by atoms with E-state index in [9.17, 15) is 4.79 Å². The van der Waals surface area contributed by atoms with Crippen LogP contribution in [0.15, 0.2) is 12.7 Å². The molecule has 20 heavy (non-hydrogen) atoms. The van der Waals surface area contributed by atoms with Crippen LogP contribution in [0.2, 0.25) is 0 Å². The number of thioether (sulfide) groups is 1. The molecule has 0 aromatic heterocycles. The van der Waals surface area contributed by atoms with Gasteiger partial charge in [0.1, 0.15) is 0 Å². The summed E-state index contributed by atoms with van der Waals surface area (Å²) in [6.07, 6.45) is 6.82. The summed E-state index contributed by atoms with van der Waals surface area (Å²) in [7, 11) is 0. The van der Waals surface area contributed by atoms with Crippen molar-refractivity contribution in [1.29, 1.82) is 0 Å². The van der Waals surface area contributed by atoms with E-state index in [4.69, 9.17) is 0 Å². The van der Waals surface area contributed by atoms with E-state index in [-0.39, 0.29) is 6.03 Å². The minimum atomic E-state index is 0.0782. The normalized spacial score (nSPS) is 25.0. The quantitative estimate of drug-likeness (QED) is 0.808. The monoisotopic (exact) mass is 297 g/mol. The highest BCUT2D eigenvalue weighted by Crippen LogP contribution is 2.19. The first-order chi connectivity index (χ1) is 9.81. The van der Waals surface area contributed by atoms with E-state index in [0.717, 1.165) is 25.3 Å². The predicted octanol–water partition coefficient (Wildman–Crippen LogP) is 2.18. The second-order valence-corrected chi connectivity index (χ2v) is 6.76. The number of carbonyl (C=O) groups is 1. The Labute approximate surface area is 127 Å². The Morgan fingerprint density at radius 3 is 2.80 bits per heavy atom. The zero-order valence-electron chi connectivity index (χ0n) is 12.4. The topological polar surface area (TPSA) is 35.6 Å². The Kier molecular flexibility index (Phi) is 6.73. The van der Waals surface area contributed by atoms with Crippen molar-refractivity contribution in [1.82, 2.24) is 15.1 Å². The Bertz CT molecular complexity index is 318. The fourth-order valence-corrected chi connectivity index (χ4v) is 4.01. The maximum atomic E-state index is 12.3. The summed E-state index contributed by atoms with van der Waals surface area (Å²) < 4.78 is 0. The summed E-state index contributed by atoms with van der Waals surface area (Å²) in [5.74, 6) is 2.24. The van der Waals surface area contributed by atoms with Gasteiger partial charge in [-0.25, -0.2) is 4.79 Å². The van der Waals surface area contributed by atoms with Gasteiger partial charge in [-0.2, -0.15) is 11.8 Å². The van der Waals surface area contributed by atoms with E-state index in [0.29, 0.717) is 12.6 Å². The van der Waals surface area contributed by atoms with Crippen LogP contribution in [0.3, 0.4) is 0 Å². The smallest absolute Gasteiger partial charge is 0.317 e. The molecule has 0 spiro atoms. The molecule has 2 aliphatic rings. The van der Waals surface area contributed by atoms with E-state index >= 15 is 0 Å². The first-order valence-corrected chi connectivity index (χ1v) is 8.92. The molecule has 2 heterocycles. The highest BCUT2D eigenvalue weighted by atomic mass is 32.2. The molecule has 0 aromatic rings. The van der Waals surface area contributed by atoms with Gasteiger partial charge in [-0.15, -0.1) is 6.58 Å². The van der Waals surface area contributed by atoms with Crippen molar-refractivity contribution in [2.24, 2.45) is 0 Å². The van der Waals surface area contributed by atoms with E-state index in [1.54, 1.807) is 6.08 Å². The molecule has 4 nitrogen and oxygen atoms in total. The summed E-state index contributed by atoms with van der Waals surface area (Å²) in [6.45, 7) is 8.53. The number of rotatable bonds is 4. The van der Waals surface area contributed by atoms with Crippen LogP contribution in [0.25, 0.3) is 0 Å². The molecular weight excluding hydrogens is 270 g/mol. The fraction of sp³-hybridized carbons (Fsp3) is 0.800. The molecular formula is C15H27N3OS. The van der Waals surface area contributed by atoms with E-state index in [2.05, 4.69) is 21.7 Å². The largest absolute Gasteiger partial charge is 0.335 e. The number of hydrogen-bond acceptors (Lipinski definition) is 3. The lowest BCUT2D eigenvalue weighted by atomic mass is 10.1. The van der Waals surface area contributed by atoms with Crippen LogP contribution in [0.1, 0.15) is 25.7 Å². The number of hydrogen-bond donors (Lipinski definition) is 1. The molecule has 1 unspecified atom stereocenters. The van der Waals surface area contributed by atoms with Crippen molar-refractivity contribution in [3.63, 3.8) is 0 Å². The van der Waals surface area contributed by atoms with Gasteiger partial charge in [0.15, 0.2) is 0 Å². The average Bonchev–Trinajstić information content (AvgIpc) is 2.71. The highest BCUT2D eigenvalue weighted by Gasteiger charge is 2.27. The first-order valence-electron chi connectivity index (χ1n) is 7.76. The number of nitrogens with one attached hydrogen (secondary N) is 1. The lowest BCUT2D eigenvalue weighted by molar-refractivity contribution is 0.144. The van der Waals surface area contributed by atoms with Crippen molar-refractivity contribution in [2.75, 3.05) is 44.2 Å².